The van der Waals surface area contributed by atoms with Crippen LogP contribution in [0.1, 0.15) is 58.8 Å². The number of carboxylic acid groups (broad SMARTS) is 2. The summed E-state index contributed by atoms with van der Waals surface area (Å²) in [6, 6.07) is -5.80. The van der Waals surface area contributed by atoms with Gasteiger partial charge in [-0.25, -0.2) is 0 Å². The van der Waals surface area contributed by atoms with E-state index >= 15 is 0 Å². The fourth-order valence-corrected chi connectivity index (χ4v) is 3.31. The molecule has 0 radical (unpaired) electrons. The minimum absolute atomic E-state index is 0. The summed E-state index contributed by atoms with van der Waals surface area (Å²) in [5.74, 6) is -7.62. The van der Waals surface area contributed by atoms with Crippen LogP contribution in [0.4, 0.5) is 0 Å². The maximum absolute atomic E-state index is 12.8. The van der Waals surface area contributed by atoms with Crippen molar-refractivity contribution in [3.05, 3.63) is 11.1 Å². The van der Waals surface area contributed by atoms with Crippen LogP contribution in [0.5, 0.6) is 0 Å². The minimum atomic E-state index is -1.76. The van der Waals surface area contributed by atoms with Gasteiger partial charge in [0.15, 0.2) is 0 Å². The molecule has 0 bridgehead atoms. The largest absolute Gasteiger partial charge is 1.00 e. The number of carboxylic acids is 2. The summed E-state index contributed by atoms with van der Waals surface area (Å²) in [6.45, 7) is 3.62. The Bertz CT molecular complexity index is 1080. The van der Waals surface area contributed by atoms with Crippen LogP contribution in [0.2, 0.25) is 0 Å². The van der Waals surface area contributed by atoms with E-state index in [4.69, 9.17) is 16.8 Å². The normalized spacial score (nSPS) is 12.7. The number of amides is 3. The molecule has 0 saturated heterocycles. The summed E-state index contributed by atoms with van der Waals surface area (Å²) in [4.78, 5) is 88.5. The van der Waals surface area contributed by atoms with E-state index < -0.39 is 97.5 Å². The molecular formula is C23H32N8Na2O9. The monoisotopic (exact) mass is 610 g/mol. The van der Waals surface area contributed by atoms with Crippen molar-refractivity contribution in [3.63, 3.8) is 0 Å². The maximum atomic E-state index is 12.8. The first-order valence-electron chi connectivity index (χ1n) is 12.2. The number of nitrogens with one attached hydrogen (secondary N) is 3. The number of hydrogen-bond donors (Lipinski definition) is 4. The quantitative estimate of drug-likeness (QED) is 0.0436. The van der Waals surface area contributed by atoms with E-state index in [1.807, 2.05) is 13.8 Å². The predicted molar refractivity (Wildman–Crippen MR) is 130 cm³/mol. The van der Waals surface area contributed by atoms with E-state index in [1.54, 1.807) is 0 Å². The second-order valence-corrected chi connectivity index (χ2v) is 9.15. The van der Waals surface area contributed by atoms with Crippen molar-refractivity contribution >= 4 is 53.7 Å². The summed E-state index contributed by atoms with van der Waals surface area (Å²) < 4.78 is 0. The Morgan fingerprint density at radius 2 is 1.12 bits per heavy atom. The molecule has 0 unspecified atom stereocenters. The molecule has 0 aliphatic heterocycles. The number of ketones is 2. The second kappa shape index (κ2) is 23.9. The summed E-state index contributed by atoms with van der Waals surface area (Å²) in [6.07, 6.45) is -1.33. The van der Waals surface area contributed by atoms with Crippen molar-refractivity contribution in [1.29, 1.82) is 0 Å². The molecule has 0 fully saturated rings. The maximum Gasteiger partial charge on any atom is 1.00 e. The first-order chi connectivity index (χ1) is 18.7. The van der Waals surface area contributed by atoms with Crippen molar-refractivity contribution < 1.29 is 112 Å². The van der Waals surface area contributed by atoms with Crippen LogP contribution in [-0.4, -0.2) is 87.4 Å². The molecule has 0 aromatic heterocycles. The molecule has 0 spiro atoms. The van der Waals surface area contributed by atoms with Gasteiger partial charge in [0.1, 0.15) is 6.04 Å². The Balaban J connectivity index is -0.00000760. The Morgan fingerprint density at radius 3 is 1.52 bits per heavy atom. The summed E-state index contributed by atoms with van der Waals surface area (Å²) >= 11 is 0. The molecule has 19 heteroatoms. The third kappa shape index (κ3) is 19.5. The summed E-state index contributed by atoms with van der Waals surface area (Å²) in [5.41, 5.74) is 22.6. The van der Waals surface area contributed by atoms with Crippen molar-refractivity contribution in [2.75, 3.05) is 0 Å². The van der Waals surface area contributed by atoms with E-state index in [-0.39, 0.29) is 77.9 Å². The smallest absolute Gasteiger partial charge is 0.548 e. The van der Waals surface area contributed by atoms with Gasteiger partial charge in [-0.1, -0.05) is 13.8 Å². The van der Waals surface area contributed by atoms with E-state index in [2.05, 4.69) is 25.5 Å². The minimum Gasteiger partial charge on any atom is -0.548 e. The molecule has 17 nitrogen and oxygen atoms in total. The number of rotatable bonds is 20. The van der Waals surface area contributed by atoms with E-state index in [0.29, 0.717) is 12.4 Å². The molecule has 42 heavy (non-hydrogen) atoms. The molecule has 4 atom stereocenters. The second-order valence-electron chi connectivity index (χ2n) is 9.15. The number of Topliss-reactive ketones (excluding diaryl/α,β-unsaturated/α-hetero) is 2. The molecule has 0 saturated carbocycles. The van der Waals surface area contributed by atoms with Gasteiger partial charge >= 0.3 is 71.5 Å². The summed E-state index contributed by atoms with van der Waals surface area (Å²) in [5, 5.41) is 29.4. The van der Waals surface area contributed by atoms with Crippen LogP contribution in [0.3, 0.4) is 0 Å². The zero-order valence-corrected chi connectivity index (χ0v) is 28.0. The first-order valence-corrected chi connectivity index (χ1v) is 12.2. The van der Waals surface area contributed by atoms with Gasteiger partial charge in [0.25, 0.3) is 0 Å². The molecular weight excluding hydrogens is 578 g/mol. The van der Waals surface area contributed by atoms with Crippen LogP contribution < -0.4 is 91.0 Å². The van der Waals surface area contributed by atoms with Gasteiger partial charge in [0, 0.05) is 19.3 Å². The molecule has 0 heterocycles. The Morgan fingerprint density at radius 1 is 0.714 bits per heavy atom. The number of nitrogens with zero attached hydrogens (tertiary/aromatic N) is 4. The fraction of sp³-hybridized carbons (Fsp3) is 0.609. The van der Waals surface area contributed by atoms with Gasteiger partial charge in [-0.3, -0.25) is 24.0 Å². The van der Waals surface area contributed by atoms with Crippen LogP contribution >= 0.6 is 0 Å². The van der Waals surface area contributed by atoms with Crippen molar-refractivity contribution in [3.8, 4) is 0 Å². The molecule has 5 N–H and O–H groups in total. The Labute approximate surface area is 285 Å². The Kier molecular flexibility index (Phi) is 25.0. The molecule has 3 amide bonds. The fourth-order valence-electron chi connectivity index (χ4n) is 3.31. The predicted octanol–water partition coefficient (Wildman–Crippen LogP) is -10.6. The van der Waals surface area contributed by atoms with Crippen LogP contribution in [0, 0.1) is 5.92 Å². The first kappa shape index (κ1) is 43.9. The number of aliphatic carboxylic acids is 2. The standard InChI is InChI=1S/C23H34N8O9.2Na/c1-12(2)9-15(24)20(35)30-18(23(39)40)7-8-19(34)29-16(5-3-13(32)10-27-25)21(36)31-17(22(37)38)6-4-14(33)11-28-26;;/h10-12,15-18H,3-9,24H2,1-2H3,(H,29,34)(H,30,35)(H,31,36)(H,37,38)(H,39,40);;/q;2*+1/p-2/t15-,16-,17-,18-;;/m0../s1. The van der Waals surface area contributed by atoms with Crippen molar-refractivity contribution in [2.45, 2.75) is 83.0 Å². The van der Waals surface area contributed by atoms with E-state index in [1.165, 1.54) is 0 Å². The number of carbonyl (C=O) groups is 7. The van der Waals surface area contributed by atoms with Gasteiger partial charge in [-0.2, -0.15) is 9.58 Å². The number of hydrogen-bond acceptors (Lipinski definition) is 10. The average molecular weight is 611 g/mol. The van der Waals surface area contributed by atoms with Crippen molar-refractivity contribution in [1.82, 2.24) is 16.0 Å². The third-order valence-electron chi connectivity index (χ3n) is 5.34. The third-order valence-corrected chi connectivity index (χ3v) is 5.34. The van der Waals surface area contributed by atoms with Gasteiger partial charge in [0.05, 0.1) is 30.1 Å². The van der Waals surface area contributed by atoms with Gasteiger partial charge in [0.2, 0.25) is 29.3 Å². The van der Waals surface area contributed by atoms with E-state index in [9.17, 15) is 43.8 Å². The zero-order valence-electron chi connectivity index (χ0n) is 24.0. The topological polar surface area (TPSA) is 301 Å². The number of carbonyl (C=O) groups excluding carboxylic acids is 7. The van der Waals surface area contributed by atoms with Crippen LogP contribution in [-0.2, 0) is 33.6 Å². The number of nitrogens with two attached hydrogens (primary N) is 1. The Hall–Kier alpha value is -2.59. The molecule has 0 aromatic carbocycles. The van der Waals surface area contributed by atoms with E-state index in [0.717, 1.165) is 0 Å². The van der Waals surface area contributed by atoms with Crippen LogP contribution in [0.15, 0.2) is 0 Å². The SMILES string of the molecule is CC(C)C[C@H](N)C(=O)N[C@@H](CCC(=O)N[C@@H](CCC(=O)C=[N+]=[N-])C(=O)N[C@@H](CCC(=O)C=[N+]=[N-])C(=O)[O-])C(=O)[O-].[Na+].[Na+]. The van der Waals surface area contributed by atoms with Gasteiger partial charge in [-0.05, 0) is 31.6 Å². The van der Waals surface area contributed by atoms with Crippen molar-refractivity contribution in [2.24, 2.45) is 11.7 Å². The zero-order chi connectivity index (χ0) is 30.8. The molecule has 0 aliphatic rings. The molecule has 0 aliphatic carbocycles. The summed E-state index contributed by atoms with van der Waals surface area (Å²) in [7, 11) is 0. The molecule has 0 rings (SSSR count). The average Bonchev–Trinajstić information content (AvgIpc) is 2.85. The van der Waals surface area contributed by atoms with Gasteiger partial charge < -0.3 is 52.5 Å². The molecule has 0 aromatic rings. The van der Waals surface area contributed by atoms with Gasteiger partial charge in [-0.15, -0.1) is 0 Å². The molecule has 220 valence electrons. The van der Waals surface area contributed by atoms with Crippen LogP contribution in [0.25, 0.3) is 11.1 Å².